The van der Waals surface area contributed by atoms with E-state index in [-0.39, 0.29) is 5.83 Å². The summed E-state index contributed by atoms with van der Waals surface area (Å²) >= 11 is 0. The summed E-state index contributed by atoms with van der Waals surface area (Å²) in [5.41, 5.74) is 14.9. The maximum Gasteiger partial charge on any atom is 0.144 e. The zero-order valence-electron chi connectivity index (χ0n) is 17.8. The molecule has 0 aliphatic rings. The lowest BCUT2D eigenvalue weighted by Gasteiger charge is -2.08. The highest BCUT2D eigenvalue weighted by molar-refractivity contribution is 5.86. The van der Waals surface area contributed by atoms with E-state index in [1.165, 1.54) is 6.08 Å². The van der Waals surface area contributed by atoms with Gasteiger partial charge in [-0.15, -0.1) is 0 Å². The third-order valence-electron chi connectivity index (χ3n) is 5.13. The van der Waals surface area contributed by atoms with Gasteiger partial charge < -0.3 is 11.5 Å². The van der Waals surface area contributed by atoms with Crippen LogP contribution in [0, 0.1) is 0 Å². The summed E-state index contributed by atoms with van der Waals surface area (Å²) in [4.78, 5) is 12.6. The van der Waals surface area contributed by atoms with Gasteiger partial charge in [0.15, 0.2) is 0 Å². The molecule has 0 saturated heterocycles. The van der Waals surface area contributed by atoms with Crippen molar-refractivity contribution in [2.75, 3.05) is 6.54 Å². The number of hydrogen-bond acceptors (Lipinski definition) is 4. The molecule has 0 fully saturated rings. The maximum absolute atomic E-state index is 14.9. The lowest BCUT2D eigenvalue weighted by atomic mass is 10.0. The fraction of sp³-hybridized carbons (Fsp3) is 0.240. The van der Waals surface area contributed by atoms with Gasteiger partial charge in [0.1, 0.15) is 5.83 Å². The summed E-state index contributed by atoms with van der Waals surface area (Å²) in [7, 11) is 0. The van der Waals surface area contributed by atoms with Crippen LogP contribution in [0.1, 0.15) is 38.2 Å². The average Bonchev–Trinajstić information content (AvgIpc) is 2.80. The molecule has 0 spiro atoms. The highest BCUT2D eigenvalue weighted by atomic mass is 19.1. The number of fused-ring (bicyclic) bond motifs is 1. The van der Waals surface area contributed by atoms with Crippen molar-refractivity contribution >= 4 is 22.7 Å². The van der Waals surface area contributed by atoms with Crippen LogP contribution in [0.5, 0.6) is 0 Å². The van der Waals surface area contributed by atoms with Crippen molar-refractivity contribution in [1.82, 2.24) is 9.97 Å². The number of rotatable bonds is 9. The first-order chi connectivity index (χ1) is 15.1. The van der Waals surface area contributed by atoms with Gasteiger partial charge in [0, 0.05) is 35.7 Å². The molecule has 2 heterocycles. The van der Waals surface area contributed by atoms with Crippen molar-refractivity contribution in [3.8, 4) is 11.1 Å². The van der Waals surface area contributed by atoms with E-state index in [1.807, 2.05) is 31.5 Å². The topological polar surface area (TPSA) is 90.2 Å². The Morgan fingerprint density at radius 3 is 2.68 bits per heavy atom. The first-order valence-corrected chi connectivity index (χ1v) is 10.4. The van der Waals surface area contributed by atoms with E-state index in [2.05, 4.69) is 33.2 Å². The predicted molar refractivity (Wildman–Crippen MR) is 127 cm³/mol. The lowest BCUT2D eigenvalue weighted by Crippen LogP contribution is -1.98. The molecule has 6 heteroatoms. The standard InChI is InChI=1S/C25H28FN5/c1-18(11-24(26)25(31-17-28)5-3-2-4-9-27)21-13-23(16-30-14-21)20-7-6-19-8-10-29-15-22(19)12-20/h6-8,10-17H,2-5,9,27H2,1H3,(H2,28,31)/b18-11-,25-24+. The smallest absolute Gasteiger partial charge is 0.144 e. The third kappa shape index (κ3) is 6.06. The second kappa shape index (κ2) is 11.1. The molecule has 4 N–H and O–H groups in total. The molecule has 0 saturated carbocycles. The number of aromatic nitrogens is 2. The highest BCUT2D eigenvalue weighted by Gasteiger charge is 2.07. The lowest BCUT2D eigenvalue weighted by molar-refractivity contribution is 0.622. The van der Waals surface area contributed by atoms with Gasteiger partial charge in [-0.25, -0.2) is 9.38 Å². The molecule has 0 bridgehead atoms. The number of unbranched alkanes of at least 4 members (excludes halogenated alkanes) is 2. The minimum Gasteiger partial charge on any atom is -0.390 e. The number of allylic oxidation sites excluding steroid dienone is 4. The Morgan fingerprint density at radius 2 is 1.87 bits per heavy atom. The van der Waals surface area contributed by atoms with Crippen molar-refractivity contribution in [2.45, 2.75) is 32.6 Å². The van der Waals surface area contributed by atoms with E-state index in [4.69, 9.17) is 11.5 Å². The van der Waals surface area contributed by atoms with Gasteiger partial charge in [-0.1, -0.05) is 18.6 Å². The predicted octanol–water partition coefficient (Wildman–Crippen LogP) is 5.39. The Bertz CT molecular complexity index is 1120. The molecular formula is C25H28FN5. The van der Waals surface area contributed by atoms with Gasteiger partial charge >= 0.3 is 0 Å². The van der Waals surface area contributed by atoms with Crippen LogP contribution < -0.4 is 11.5 Å². The molecule has 31 heavy (non-hydrogen) atoms. The molecule has 0 amide bonds. The summed E-state index contributed by atoms with van der Waals surface area (Å²) in [5, 5.41) is 2.19. The zero-order chi connectivity index (χ0) is 22.1. The number of hydrogen-bond donors (Lipinski definition) is 2. The minimum absolute atomic E-state index is 0.352. The van der Waals surface area contributed by atoms with Crippen LogP contribution in [-0.2, 0) is 0 Å². The summed E-state index contributed by atoms with van der Waals surface area (Å²) < 4.78 is 14.9. The van der Waals surface area contributed by atoms with E-state index in [9.17, 15) is 4.39 Å². The molecule has 0 atom stereocenters. The first kappa shape index (κ1) is 22.3. The average molecular weight is 418 g/mol. The van der Waals surface area contributed by atoms with Gasteiger partial charge in [0.2, 0.25) is 0 Å². The molecule has 160 valence electrons. The highest BCUT2D eigenvalue weighted by Crippen LogP contribution is 2.27. The summed E-state index contributed by atoms with van der Waals surface area (Å²) in [5.74, 6) is -0.380. The van der Waals surface area contributed by atoms with E-state index in [1.54, 1.807) is 12.4 Å². The molecule has 3 aromatic rings. The van der Waals surface area contributed by atoms with Gasteiger partial charge in [0.05, 0.1) is 12.0 Å². The summed E-state index contributed by atoms with van der Waals surface area (Å²) in [6.45, 7) is 2.50. The monoisotopic (exact) mass is 417 g/mol. The number of aliphatic imine (C=N–C) groups is 1. The molecule has 0 unspecified atom stereocenters. The van der Waals surface area contributed by atoms with Crippen LogP contribution in [0.25, 0.3) is 27.5 Å². The summed E-state index contributed by atoms with van der Waals surface area (Å²) in [6.07, 6.45) is 13.0. The van der Waals surface area contributed by atoms with E-state index < -0.39 is 0 Å². The van der Waals surface area contributed by atoms with Crippen LogP contribution in [0.15, 0.2) is 77.7 Å². The fourth-order valence-electron chi connectivity index (χ4n) is 3.38. The number of nitrogens with zero attached hydrogens (tertiary/aromatic N) is 3. The molecular weight excluding hydrogens is 389 g/mol. The maximum atomic E-state index is 14.9. The van der Waals surface area contributed by atoms with Gasteiger partial charge in [-0.3, -0.25) is 9.97 Å². The number of benzene rings is 1. The molecule has 1 aromatic carbocycles. The van der Waals surface area contributed by atoms with Gasteiger partial charge in [-0.2, -0.15) is 0 Å². The molecule has 3 rings (SSSR count). The van der Waals surface area contributed by atoms with Crippen molar-refractivity contribution < 1.29 is 4.39 Å². The van der Waals surface area contributed by atoms with Crippen molar-refractivity contribution in [3.63, 3.8) is 0 Å². The summed E-state index contributed by atoms with van der Waals surface area (Å²) in [6, 6.07) is 10.2. The van der Waals surface area contributed by atoms with Crippen LogP contribution in [0.3, 0.4) is 0 Å². The Hall–Kier alpha value is -3.38. The first-order valence-electron chi connectivity index (χ1n) is 10.4. The Balaban J connectivity index is 1.86. The molecule has 2 aromatic heterocycles. The van der Waals surface area contributed by atoms with Crippen LogP contribution in [0.2, 0.25) is 0 Å². The third-order valence-corrected chi connectivity index (χ3v) is 5.13. The van der Waals surface area contributed by atoms with Crippen molar-refractivity contribution in [1.29, 1.82) is 0 Å². The van der Waals surface area contributed by atoms with E-state index >= 15 is 0 Å². The van der Waals surface area contributed by atoms with E-state index in [0.29, 0.717) is 18.7 Å². The second-order valence-electron chi connectivity index (χ2n) is 7.40. The van der Waals surface area contributed by atoms with Gasteiger partial charge in [0.25, 0.3) is 0 Å². The van der Waals surface area contributed by atoms with Crippen LogP contribution in [-0.4, -0.2) is 22.9 Å². The minimum atomic E-state index is -0.380. The number of pyridine rings is 2. The Kier molecular flexibility index (Phi) is 8.01. The van der Waals surface area contributed by atoms with E-state index in [0.717, 1.165) is 58.6 Å². The fourth-order valence-corrected chi connectivity index (χ4v) is 3.38. The quantitative estimate of drug-likeness (QED) is 0.211. The van der Waals surface area contributed by atoms with Gasteiger partial charge in [-0.05, 0) is 79.1 Å². The molecule has 5 nitrogen and oxygen atoms in total. The molecule has 0 aliphatic heterocycles. The van der Waals surface area contributed by atoms with Crippen LogP contribution >= 0.6 is 0 Å². The Labute approximate surface area is 182 Å². The largest absolute Gasteiger partial charge is 0.390 e. The SMILES string of the molecule is C/C(=C/C(F)=C(/CCCCCN)N=CN)c1cncc(-c2ccc3ccncc3c2)c1. The van der Waals surface area contributed by atoms with Crippen molar-refractivity contribution in [2.24, 2.45) is 16.5 Å². The normalized spacial score (nSPS) is 13.1. The number of nitrogens with two attached hydrogens (primary N) is 2. The second-order valence-corrected chi connectivity index (χ2v) is 7.40. The zero-order valence-corrected chi connectivity index (χ0v) is 17.8. The van der Waals surface area contributed by atoms with Crippen molar-refractivity contribution in [3.05, 3.63) is 78.3 Å². The number of halogens is 1. The molecule has 0 radical (unpaired) electrons. The molecule has 0 aliphatic carbocycles. The Morgan fingerprint density at radius 1 is 1.00 bits per heavy atom. The van der Waals surface area contributed by atoms with Crippen LogP contribution in [0.4, 0.5) is 4.39 Å².